The number of piperidine rings is 1. The van der Waals surface area contributed by atoms with Gasteiger partial charge in [0.2, 0.25) is 5.91 Å². The summed E-state index contributed by atoms with van der Waals surface area (Å²) in [4.78, 5) is 30.2. The lowest BCUT2D eigenvalue weighted by molar-refractivity contribution is -0.127. The largest absolute Gasteiger partial charge is 0.352 e. The molecule has 1 aliphatic heterocycles. The fourth-order valence-electron chi connectivity index (χ4n) is 3.67. The van der Waals surface area contributed by atoms with Crippen molar-refractivity contribution in [2.75, 3.05) is 19.6 Å². The molecule has 0 spiro atoms. The minimum absolute atomic E-state index is 0.0777. The zero-order valence-electron chi connectivity index (χ0n) is 14.7. The summed E-state index contributed by atoms with van der Waals surface area (Å²) < 4.78 is 0. The van der Waals surface area contributed by atoms with Crippen LogP contribution in [0.5, 0.6) is 0 Å². The summed E-state index contributed by atoms with van der Waals surface area (Å²) in [6.07, 6.45) is 14.0. The second-order valence-electron chi connectivity index (χ2n) is 7.12. The van der Waals surface area contributed by atoms with Gasteiger partial charge in [-0.25, -0.2) is 0 Å². The Morgan fingerprint density at radius 2 is 1.96 bits per heavy atom. The van der Waals surface area contributed by atoms with Crippen LogP contribution in [-0.4, -0.2) is 41.3 Å². The van der Waals surface area contributed by atoms with Crippen LogP contribution < -0.4 is 5.32 Å². The van der Waals surface area contributed by atoms with Crippen molar-refractivity contribution in [1.29, 1.82) is 0 Å². The molecule has 134 valence electrons. The molecule has 0 atom stereocenters. The number of amides is 2. The van der Waals surface area contributed by atoms with Gasteiger partial charge in [-0.2, -0.15) is 0 Å². The van der Waals surface area contributed by atoms with Gasteiger partial charge in [-0.05, 0) is 55.7 Å². The SMILES string of the molecule is O=C(NCC1CCN(C(=O)/C=C/C2CCCC2)CC1)c1cccnc1. The normalized spacial score (nSPS) is 19.4. The monoisotopic (exact) mass is 341 g/mol. The van der Waals surface area contributed by atoms with Gasteiger partial charge in [-0.1, -0.05) is 18.9 Å². The van der Waals surface area contributed by atoms with E-state index in [2.05, 4.69) is 16.4 Å². The summed E-state index contributed by atoms with van der Waals surface area (Å²) in [7, 11) is 0. The fraction of sp³-hybridized carbons (Fsp3) is 0.550. The fourth-order valence-corrected chi connectivity index (χ4v) is 3.67. The van der Waals surface area contributed by atoms with E-state index in [1.807, 2.05) is 4.90 Å². The highest BCUT2D eigenvalue weighted by molar-refractivity contribution is 5.93. The Balaban J connectivity index is 1.38. The Hall–Kier alpha value is -2.17. The van der Waals surface area contributed by atoms with Crippen molar-refractivity contribution >= 4 is 11.8 Å². The van der Waals surface area contributed by atoms with Crippen LogP contribution in [-0.2, 0) is 4.79 Å². The van der Waals surface area contributed by atoms with Crippen LogP contribution in [0.15, 0.2) is 36.7 Å². The highest BCUT2D eigenvalue weighted by Crippen LogP contribution is 2.25. The van der Waals surface area contributed by atoms with Gasteiger partial charge < -0.3 is 10.2 Å². The molecule has 2 fully saturated rings. The molecule has 2 heterocycles. The topological polar surface area (TPSA) is 62.3 Å². The predicted molar refractivity (Wildman–Crippen MR) is 97.0 cm³/mol. The molecule has 1 N–H and O–H groups in total. The molecule has 25 heavy (non-hydrogen) atoms. The van der Waals surface area contributed by atoms with Crippen molar-refractivity contribution in [3.8, 4) is 0 Å². The van der Waals surface area contributed by atoms with E-state index in [1.165, 1.54) is 25.7 Å². The molecule has 3 rings (SSSR count). The van der Waals surface area contributed by atoms with Crippen LogP contribution in [0.3, 0.4) is 0 Å². The highest BCUT2D eigenvalue weighted by Gasteiger charge is 2.22. The van der Waals surface area contributed by atoms with Gasteiger partial charge in [0.05, 0.1) is 5.56 Å². The van der Waals surface area contributed by atoms with Gasteiger partial charge in [0, 0.05) is 32.0 Å². The van der Waals surface area contributed by atoms with Crippen molar-refractivity contribution in [2.24, 2.45) is 11.8 Å². The highest BCUT2D eigenvalue weighted by atomic mass is 16.2. The third-order valence-electron chi connectivity index (χ3n) is 5.31. The summed E-state index contributed by atoms with van der Waals surface area (Å²) in [5, 5.41) is 2.98. The lowest BCUT2D eigenvalue weighted by Gasteiger charge is -2.31. The van der Waals surface area contributed by atoms with Crippen LogP contribution in [0.2, 0.25) is 0 Å². The average Bonchev–Trinajstić information content (AvgIpc) is 3.19. The number of nitrogens with one attached hydrogen (secondary N) is 1. The molecule has 5 heteroatoms. The van der Waals surface area contributed by atoms with Gasteiger partial charge in [0.15, 0.2) is 0 Å². The van der Waals surface area contributed by atoms with Crippen molar-refractivity contribution in [2.45, 2.75) is 38.5 Å². The number of nitrogens with zero attached hydrogens (tertiary/aromatic N) is 2. The molecule has 1 aromatic rings. The summed E-state index contributed by atoms with van der Waals surface area (Å²) in [6.45, 7) is 2.22. The van der Waals surface area contributed by atoms with E-state index < -0.39 is 0 Å². The Morgan fingerprint density at radius 3 is 2.64 bits per heavy atom. The molecular weight excluding hydrogens is 314 g/mol. The summed E-state index contributed by atoms with van der Waals surface area (Å²) >= 11 is 0. The number of rotatable bonds is 5. The summed E-state index contributed by atoms with van der Waals surface area (Å²) in [5.41, 5.74) is 0.590. The first kappa shape index (κ1) is 17.6. The number of allylic oxidation sites excluding steroid dienone is 1. The molecule has 0 unspecified atom stereocenters. The van der Waals surface area contributed by atoms with E-state index in [0.29, 0.717) is 23.9 Å². The van der Waals surface area contributed by atoms with Crippen molar-refractivity contribution < 1.29 is 9.59 Å². The first-order valence-electron chi connectivity index (χ1n) is 9.37. The van der Waals surface area contributed by atoms with Gasteiger partial charge in [0.1, 0.15) is 0 Å². The minimum Gasteiger partial charge on any atom is -0.352 e. The van der Waals surface area contributed by atoms with Crippen LogP contribution >= 0.6 is 0 Å². The third-order valence-corrected chi connectivity index (χ3v) is 5.31. The molecule has 2 aliphatic rings. The predicted octanol–water partition coefficient (Wildman–Crippen LogP) is 2.80. The number of hydrogen-bond donors (Lipinski definition) is 1. The Labute approximate surface area is 149 Å². The van der Waals surface area contributed by atoms with E-state index >= 15 is 0 Å². The third kappa shape index (κ3) is 5.15. The van der Waals surface area contributed by atoms with E-state index in [1.54, 1.807) is 30.6 Å². The zero-order valence-corrected chi connectivity index (χ0v) is 14.7. The number of carbonyl (C=O) groups excluding carboxylic acids is 2. The Bertz CT molecular complexity index is 601. The second-order valence-corrected chi connectivity index (χ2v) is 7.12. The van der Waals surface area contributed by atoms with Gasteiger partial charge in [-0.3, -0.25) is 14.6 Å². The lowest BCUT2D eigenvalue weighted by atomic mass is 9.96. The van der Waals surface area contributed by atoms with Crippen molar-refractivity contribution in [1.82, 2.24) is 15.2 Å². The van der Waals surface area contributed by atoms with Crippen molar-refractivity contribution in [3.63, 3.8) is 0 Å². The van der Waals surface area contributed by atoms with Crippen LogP contribution in [0.1, 0.15) is 48.9 Å². The number of aromatic nitrogens is 1. The molecule has 2 amide bonds. The van der Waals surface area contributed by atoms with E-state index in [0.717, 1.165) is 25.9 Å². The lowest BCUT2D eigenvalue weighted by Crippen LogP contribution is -2.41. The first-order valence-corrected chi connectivity index (χ1v) is 9.37. The zero-order chi connectivity index (χ0) is 17.5. The number of likely N-dealkylation sites (tertiary alicyclic amines) is 1. The quantitative estimate of drug-likeness (QED) is 0.838. The molecular formula is C20H27N3O2. The smallest absolute Gasteiger partial charge is 0.252 e. The van der Waals surface area contributed by atoms with Crippen LogP contribution in [0.25, 0.3) is 0 Å². The Morgan fingerprint density at radius 1 is 1.20 bits per heavy atom. The van der Waals surface area contributed by atoms with Crippen LogP contribution in [0, 0.1) is 11.8 Å². The van der Waals surface area contributed by atoms with Crippen molar-refractivity contribution in [3.05, 3.63) is 42.2 Å². The molecule has 1 aliphatic carbocycles. The van der Waals surface area contributed by atoms with E-state index in [-0.39, 0.29) is 11.8 Å². The standard InChI is InChI=1S/C20H27N3O2/c24-19(8-7-16-4-1-2-5-16)23-12-9-17(10-13-23)14-22-20(25)18-6-3-11-21-15-18/h3,6-8,11,15-17H,1-2,4-5,9-10,12-14H2,(H,22,25)/b8-7+. The molecule has 0 bridgehead atoms. The maximum absolute atomic E-state index is 12.3. The molecule has 1 aromatic heterocycles. The van der Waals surface area contributed by atoms with E-state index in [9.17, 15) is 9.59 Å². The minimum atomic E-state index is -0.0777. The number of hydrogen-bond acceptors (Lipinski definition) is 3. The number of carbonyl (C=O) groups is 2. The maximum Gasteiger partial charge on any atom is 0.252 e. The van der Waals surface area contributed by atoms with Gasteiger partial charge >= 0.3 is 0 Å². The van der Waals surface area contributed by atoms with Gasteiger partial charge in [0.25, 0.3) is 5.91 Å². The van der Waals surface area contributed by atoms with E-state index in [4.69, 9.17) is 0 Å². The molecule has 5 nitrogen and oxygen atoms in total. The second kappa shape index (κ2) is 8.79. The first-order chi connectivity index (χ1) is 12.2. The summed E-state index contributed by atoms with van der Waals surface area (Å²) in [5.74, 6) is 1.10. The van der Waals surface area contributed by atoms with Gasteiger partial charge in [-0.15, -0.1) is 0 Å². The average molecular weight is 341 g/mol. The maximum atomic E-state index is 12.3. The summed E-state index contributed by atoms with van der Waals surface area (Å²) in [6, 6.07) is 3.53. The van der Waals surface area contributed by atoms with Crippen LogP contribution in [0.4, 0.5) is 0 Å². The molecule has 1 saturated heterocycles. The Kier molecular flexibility index (Phi) is 6.20. The number of pyridine rings is 1. The molecule has 0 aromatic carbocycles. The molecule has 1 saturated carbocycles. The molecule has 0 radical (unpaired) electrons.